The van der Waals surface area contributed by atoms with Gasteiger partial charge in [0.05, 0.1) is 21.3 Å². The Kier molecular flexibility index (Phi) is 7.02. The Morgan fingerprint density at radius 1 is 0.970 bits per heavy atom. The summed E-state index contributed by atoms with van der Waals surface area (Å²) in [6.07, 6.45) is 8.04. The van der Waals surface area contributed by atoms with Gasteiger partial charge in [-0.3, -0.25) is 0 Å². The fraction of sp³-hybridized carbons (Fsp3) is 0.407. The van der Waals surface area contributed by atoms with Gasteiger partial charge in [-0.15, -0.1) is 0 Å². The first-order valence-electron chi connectivity index (χ1n) is 11.5. The third-order valence-electron chi connectivity index (χ3n) is 6.66. The molecule has 0 spiro atoms. The van der Waals surface area contributed by atoms with Gasteiger partial charge in [-0.2, -0.15) is 0 Å². The smallest absolute Gasteiger partial charge is 0.363 e. The van der Waals surface area contributed by atoms with E-state index >= 15 is 0 Å². The minimum absolute atomic E-state index is 0.223. The molecule has 2 aromatic rings. The van der Waals surface area contributed by atoms with Crippen LogP contribution in [-0.4, -0.2) is 33.2 Å². The van der Waals surface area contributed by atoms with Crippen molar-refractivity contribution in [3.63, 3.8) is 0 Å². The fourth-order valence-corrected chi connectivity index (χ4v) is 4.68. The lowest BCUT2D eigenvalue weighted by atomic mass is 9.78. The molecule has 6 heteroatoms. The second-order valence-electron chi connectivity index (χ2n) is 8.54. The molecule has 0 amide bonds. The first kappa shape index (κ1) is 22.9. The number of nitrogens with zero attached hydrogens (tertiary/aromatic N) is 1. The van der Waals surface area contributed by atoms with Crippen LogP contribution in [0, 0.1) is 5.92 Å². The molecular weight excluding hydrogens is 418 g/mol. The summed E-state index contributed by atoms with van der Waals surface area (Å²) in [7, 11) is 4.64. The molecule has 0 atom stereocenters. The number of esters is 1. The lowest BCUT2D eigenvalue weighted by molar-refractivity contribution is -0.129. The molecule has 4 rings (SSSR count). The number of rotatable bonds is 7. The molecule has 1 saturated carbocycles. The Balaban J connectivity index is 1.54. The van der Waals surface area contributed by atoms with Crippen LogP contribution in [0.25, 0.3) is 6.08 Å². The summed E-state index contributed by atoms with van der Waals surface area (Å²) < 4.78 is 21.6. The van der Waals surface area contributed by atoms with E-state index < -0.39 is 5.97 Å². The van der Waals surface area contributed by atoms with Crippen LogP contribution in [0.15, 0.2) is 47.1 Å². The van der Waals surface area contributed by atoms with Crippen LogP contribution in [0.4, 0.5) is 0 Å². The maximum absolute atomic E-state index is 12.5. The van der Waals surface area contributed by atoms with E-state index in [1.165, 1.54) is 37.7 Å². The first-order chi connectivity index (χ1) is 16.1. The zero-order valence-corrected chi connectivity index (χ0v) is 19.7. The van der Waals surface area contributed by atoms with Crippen molar-refractivity contribution in [3.8, 4) is 17.2 Å². The minimum atomic E-state index is -0.485. The van der Waals surface area contributed by atoms with Gasteiger partial charge >= 0.3 is 5.97 Å². The SMILES string of the molecule is CCC1CCC(c2ccc(C3=NC(=Cc4cc(OC)c(OC)c(OC)c4)C(=O)O3)cc2)CC1. The molecule has 0 saturated heterocycles. The van der Waals surface area contributed by atoms with Crippen LogP contribution < -0.4 is 14.2 Å². The summed E-state index contributed by atoms with van der Waals surface area (Å²) in [4.78, 5) is 16.9. The Labute approximate surface area is 195 Å². The van der Waals surface area contributed by atoms with E-state index in [2.05, 4.69) is 24.0 Å². The highest BCUT2D eigenvalue weighted by Crippen LogP contribution is 2.39. The van der Waals surface area contributed by atoms with Gasteiger partial charge in [-0.25, -0.2) is 9.79 Å². The Bertz CT molecular complexity index is 1040. The highest BCUT2D eigenvalue weighted by molar-refractivity contribution is 6.12. The average Bonchev–Trinajstić information content (AvgIpc) is 3.23. The number of benzene rings is 2. The van der Waals surface area contributed by atoms with Crippen molar-refractivity contribution in [1.82, 2.24) is 0 Å². The number of methoxy groups -OCH3 is 3. The zero-order valence-electron chi connectivity index (χ0n) is 19.7. The first-order valence-corrected chi connectivity index (χ1v) is 11.5. The highest BCUT2D eigenvalue weighted by atomic mass is 16.6. The second-order valence-corrected chi connectivity index (χ2v) is 8.54. The molecule has 0 aromatic heterocycles. The number of cyclic esters (lactones) is 1. The summed E-state index contributed by atoms with van der Waals surface area (Å²) >= 11 is 0. The van der Waals surface area contributed by atoms with Crippen molar-refractivity contribution >= 4 is 17.9 Å². The third kappa shape index (κ3) is 4.90. The van der Waals surface area contributed by atoms with Crippen LogP contribution in [0.2, 0.25) is 0 Å². The van der Waals surface area contributed by atoms with Crippen LogP contribution in [-0.2, 0) is 9.53 Å². The van der Waals surface area contributed by atoms with Crippen molar-refractivity contribution in [2.24, 2.45) is 10.9 Å². The van der Waals surface area contributed by atoms with Crippen molar-refractivity contribution in [1.29, 1.82) is 0 Å². The topological polar surface area (TPSA) is 66.3 Å². The molecule has 1 aliphatic heterocycles. The van der Waals surface area contributed by atoms with Gasteiger partial charge in [0.2, 0.25) is 11.6 Å². The molecule has 174 valence electrons. The molecule has 1 heterocycles. The molecule has 33 heavy (non-hydrogen) atoms. The van der Waals surface area contributed by atoms with E-state index in [1.807, 2.05) is 12.1 Å². The average molecular weight is 450 g/mol. The van der Waals surface area contributed by atoms with Crippen molar-refractivity contribution in [3.05, 3.63) is 58.8 Å². The quantitative estimate of drug-likeness (QED) is 0.398. The monoisotopic (exact) mass is 449 g/mol. The zero-order chi connectivity index (χ0) is 23.4. The van der Waals surface area contributed by atoms with Gasteiger partial charge < -0.3 is 18.9 Å². The van der Waals surface area contributed by atoms with E-state index in [1.54, 1.807) is 39.5 Å². The standard InChI is InChI=1S/C27H31NO5/c1-5-17-6-8-19(9-7-17)20-10-12-21(13-11-20)26-28-22(27(29)33-26)14-18-15-23(30-2)25(32-4)24(16-18)31-3/h10-17,19H,5-9H2,1-4H3. The second kappa shape index (κ2) is 10.1. The maximum Gasteiger partial charge on any atom is 0.363 e. The molecular formula is C27H31NO5. The molecule has 0 radical (unpaired) electrons. The number of carbonyl (C=O) groups is 1. The van der Waals surface area contributed by atoms with Gasteiger partial charge in [0, 0.05) is 5.56 Å². The number of carbonyl (C=O) groups excluding carboxylic acids is 1. The summed E-state index contributed by atoms with van der Waals surface area (Å²) in [6, 6.07) is 11.8. The Hall–Kier alpha value is -3.28. The van der Waals surface area contributed by atoms with Gasteiger partial charge in [0.15, 0.2) is 17.2 Å². The van der Waals surface area contributed by atoms with Crippen LogP contribution in [0.1, 0.15) is 61.6 Å². The highest BCUT2D eigenvalue weighted by Gasteiger charge is 2.26. The normalized spacial score (nSPS) is 21.5. The minimum Gasteiger partial charge on any atom is -0.493 e. The van der Waals surface area contributed by atoms with Crippen molar-refractivity contribution in [2.45, 2.75) is 44.9 Å². The van der Waals surface area contributed by atoms with E-state index in [9.17, 15) is 4.79 Å². The molecule has 0 bridgehead atoms. The van der Waals surface area contributed by atoms with Crippen LogP contribution in [0.3, 0.4) is 0 Å². The molecule has 0 N–H and O–H groups in total. The molecule has 2 aromatic carbocycles. The third-order valence-corrected chi connectivity index (χ3v) is 6.66. The van der Waals surface area contributed by atoms with E-state index in [-0.39, 0.29) is 5.70 Å². The van der Waals surface area contributed by atoms with Gasteiger partial charge in [0.25, 0.3) is 0 Å². The molecule has 1 aliphatic carbocycles. The maximum atomic E-state index is 12.5. The fourth-order valence-electron chi connectivity index (χ4n) is 4.68. The number of hydrogen-bond acceptors (Lipinski definition) is 6. The van der Waals surface area contributed by atoms with Crippen molar-refractivity contribution in [2.75, 3.05) is 21.3 Å². The largest absolute Gasteiger partial charge is 0.493 e. The van der Waals surface area contributed by atoms with Crippen LogP contribution in [0.5, 0.6) is 17.2 Å². The van der Waals surface area contributed by atoms with E-state index in [0.29, 0.717) is 34.6 Å². The van der Waals surface area contributed by atoms with Crippen molar-refractivity contribution < 1.29 is 23.7 Å². The van der Waals surface area contributed by atoms with Crippen LogP contribution >= 0.6 is 0 Å². The number of aliphatic imine (C=N–C) groups is 1. The van der Waals surface area contributed by atoms with Gasteiger partial charge in [-0.05, 0) is 79.0 Å². The summed E-state index contributed by atoms with van der Waals surface area (Å²) in [5.74, 6) is 2.82. The lowest BCUT2D eigenvalue weighted by Crippen LogP contribution is -2.13. The molecule has 0 unspecified atom stereocenters. The lowest BCUT2D eigenvalue weighted by Gasteiger charge is -2.28. The van der Waals surface area contributed by atoms with Gasteiger partial charge in [0.1, 0.15) is 0 Å². The summed E-state index contributed by atoms with van der Waals surface area (Å²) in [6.45, 7) is 2.29. The summed E-state index contributed by atoms with van der Waals surface area (Å²) in [5.41, 5.74) is 3.06. The molecule has 6 nitrogen and oxygen atoms in total. The molecule has 2 aliphatic rings. The van der Waals surface area contributed by atoms with E-state index in [4.69, 9.17) is 18.9 Å². The molecule has 1 fully saturated rings. The summed E-state index contributed by atoms with van der Waals surface area (Å²) in [5, 5.41) is 0. The van der Waals surface area contributed by atoms with E-state index in [0.717, 1.165) is 11.5 Å². The predicted octanol–water partition coefficient (Wildman–Crippen LogP) is 5.74. The number of hydrogen-bond donors (Lipinski definition) is 0. The predicted molar refractivity (Wildman–Crippen MR) is 128 cm³/mol. The Morgan fingerprint density at radius 3 is 2.15 bits per heavy atom. The Morgan fingerprint density at radius 2 is 1.61 bits per heavy atom. The number of ether oxygens (including phenoxy) is 4. The van der Waals surface area contributed by atoms with Gasteiger partial charge in [-0.1, -0.05) is 25.5 Å².